The Kier molecular flexibility index (Phi) is 4.71. The second-order valence-electron chi connectivity index (χ2n) is 6.07. The molecular weight excluding hydrogens is 339 g/mol. The van der Waals surface area contributed by atoms with E-state index in [0.717, 1.165) is 0 Å². The minimum Gasteiger partial charge on any atom is -0.465 e. The van der Waals surface area contributed by atoms with Crippen LogP contribution in [0.1, 0.15) is 23.2 Å². The fourth-order valence-electron chi connectivity index (χ4n) is 2.52. The van der Waals surface area contributed by atoms with Gasteiger partial charge in [-0.05, 0) is 61.4 Å². The second-order valence-corrected chi connectivity index (χ2v) is 6.07. The number of ether oxygens (including phenoxy) is 1. The van der Waals surface area contributed by atoms with Gasteiger partial charge in [0.25, 0.3) is 0 Å². The van der Waals surface area contributed by atoms with Crippen molar-refractivity contribution >= 4 is 29.2 Å². The molecule has 2 aromatic carbocycles. The van der Waals surface area contributed by atoms with E-state index in [4.69, 9.17) is 0 Å². The lowest BCUT2D eigenvalue weighted by molar-refractivity contribution is -0.131. The Morgan fingerprint density at radius 1 is 0.885 bits per heavy atom. The molecule has 1 saturated carbocycles. The van der Waals surface area contributed by atoms with Crippen LogP contribution < -0.4 is 10.6 Å². The van der Waals surface area contributed by atoms with Crippen LogP contribution in [0.15, 0.2) is 48.5 Å². The molecule has 1 aliphatic carbocycles. The van der Waals surface area contributed by atoms with Gasteiger partial charge in [0.2, 0.25) is 11.8 Å². The normalized spacial score (nSPS) is 14.2. The standard InChI is InChI=1S/C19H17FN2O4/c1-26-16(23)12-2-6-14(7-3-12)21-17(24)19(10-11-19)18(25)22-15-8-4-13(20)5-9-15/h2-9H,10-11H2,1H3,(H,21,24)(H,22,25). The number of anilines is 2. The molecule has 0 bridgehead atoms. The molecule has 6 nitrogen and oxygen atoms in total. The van der Waals surface area contributed by atoms with Gasteiger partial charge in [0.1, 0.15) is 11.2 Å². The van der Waals surface area contributed by atoms with Crippen molar-refractivity contribution in [1.82, 2.24) is 0 Å². The van der Waals surface area contributed by atoms with E-state index in [1.807, 2.05) is 0 Å². The van der Waals surface area contributed by atoms with Gasteiger partial charge in [0, 0.05) is 11.4 Å². The molecule has 134 valence electrons. The number of hydrogen-bond acceptors (Lipinski definition) is 4. The molecule has 0 radical (unpaired) electrons. The Labute approximate surface area is 149 Å². The topological polar surface area (TPSA) is 84.5 Å². The van der Waals surface area contributed by atoms with Crippen molar-refractivity contribution in [2.75, 3.05) is 17.7 Å². The summed E-state index contributed by atoms with van der Waals surface area (Å²) in [6.45, 7) is 0. The SMILES string of the molecule is COC(=O)c1ccc(NC(=O)C2(C(=O)Nc3ccc(F)cc3)CC2)cc1. The molecule has 3 rings (SSSR count). The molecule has 2 amide bonds. The molecule has 2 aromatic rings. The molecule has 7 heteroatoms. The number of methoxy groups -OCH3 is 1. The lowest BCUT2D eigenvalue weighted by atomic mass is 10.0. The van der Waals surface area contributed by atoms with Gasteiger partial charge >= 0.3 is 5.97 Å². The molecule has 26 heavy (non-hydrogen) atoms. The molecule has 1 fully saturated rings. The minimum atomic E-state index is -1.13. The summed E-state index contributed by atoms with van der Waals surface area (Å²) in [5.41, 5.74) is 0.136. The number of hydrogen-bond donors (Lipinski definition) is 2. The lowest BCUT2D eigenvalue weighted by Crippen LogP contribution is -2.35. The van der Waals surface area contributed by atoms with Gasteiger partial charge in [0.15, 0.2) is 0 Å². The van der Waals surface area contributed by atoms with E-state index in [2.05, 4.69) is 15.4 Å². The third-order valence-electron chi connectivity index (χ3n) is 4.29. The summed E-state index contributed by atoms with van der Waals surface area (Å²) < 4.78 is 17.6. The number of rotatable bonds is 5. The number of benzene rings is 2. The molecule has 1 aliphatic rings. The van der Waals surface area contributed by atoms with E-state index in [1.54, 1.807) is 12.1 Å². The van der Waals surface area contributed by atoms with Crippen molar-refractivity contribution in [3.05, 3.63) is 59.9 Å². The van der Waals surface area contributed by atoms with Crippen LogP contribution in [0, 0.1) is 11.2 Å². The van der Waals surface area contributed by atoms with Crippen molar-refractivity contribution in [2.45, 2.75) is 12.8 Å². The maximum atomic E-state index is 12.9. The van der Waals surface area contributed by atoms with Gasteiger partial charge in [-0.1, -0.05) is 0 Å². The first-order valence-corrected chi connectivity index (χ1v) is 8.01. The van der Waals surface area contributed by atoms with Crippen LogP contribution in [0.25, 0.3) is 0 Å². The Hall–Kier alpha value is -3.22. The van der Waals surface area contributed by atoms with Gasteiger partial charge in [-0.3, -0.25) is 9.59 Å². The van der Waals surface area contributed by atoms with Crippen LogP contribution in [0.3, 0.4) is 0 Å². The van der Waals surface area contributed by atoms with Gasteiger partial charge in [-0.25, -0.2) is 9.18 Å². The summed E-state index contributed by atoms with van der Waals surface area (Å²) in [6.07, 6.45) is 0.873. The van der Waals surface area contributed by atoms with E-state index in [1.165, 1.54) is 43.5 Å². The lowest BCUT2D eigenvalue weighted by Gasteiger charge is -2.15. The first-order valence-electron chi connectivity index (χ1n) is 8.01. The first kappa shape index (κ1) is 17.6. The van der Waals surface area contributed by atoms with Crippen LogP contribution in [0.5, 0.6) is 0 Å². The van der Waals surface area contributed by atoms with Gasteiger partial charge in [-0.15, -0.1) is 0 Å². The third kappa shape index (κ3) is 3.56. The predicted molar refractivity (Wildman–Crippen MR) is 93.1 cm³/mol. The van der Waals surface area contributed by atoms with Gasteiger partial charge in [0.05, 0.1) is 12.7 Å². The van der Waals surface area contributed by atoms with E-state index in [9.17, 15) is 18.8 Å². The van der Waals surface area contributed by atoms with Crippen molar-refractivity contribution in [3.63, 3.8) is 0 Å². The fraction of sp³-hybridized carbons (Fsp3) is 0.211. The summed E-state index contributed by atoms with van der Waals surface area (Å²) >= 11 is 0. The average Bonchev–Trinajstić information content (AvgIpc) is 3.46. The largest absolute Gasteiger partial charge is 0.465 e. The second kappa shape index (κ2) is 6.95. The van der Waals surface area contributed by atoms with Crippen LogP contribution in [-0.4, -0.2) is 24.9 Å². The smallest absolute Gasteiger partial charge is 0.337 e. The van der Waals surface area contributed by atoms with E-state index >= 15 is 0 Å². The quantitative estimate of drug-likeness (QED) is 0.637. The van der Waals surface area contributed by atoms with Crippen LogP contribution in [0.2, 0.25) is 0 Å². The third-order valence-corrected chi connectivity index (χ3v) is 4.29. The van der Waals surface area contributed by atoms with Crippen LogP contribution in [0.4, 0.5) is 15.8 Å². The highest BCUT2D eigenvalue weighted by atomic mass is 19.1. The zero-order chi connectivity index (χ0) is 18.7. The minimum absolute atomic E-state index is 0.362. The molecular formula is C19H17FN2O4. The maximum absolute atomic E-state index is 12.9. The molecule has 2 N–H and O–H groups in total. The number of esters is 1. The number of carbonyl (C=O) groups excluding carboxylic acids is 3. The highest BCUT2D eigenvalue weighted by Crippen LogP contribution is 2.47. The van der Waals surface area contributed by atoms with Crippen molar-refractivity contribution in [3.8, 4) is 0 Å². The van der Waals surface area contributed by atoms with Crippen molar-refractivity contribution in [1.29, 1.82) is 0 Å². The zero-order valence-electron chi connectivity index (χ0n) is 14.0. The van der Waals surface area contributed by atoms with Crippen molar-refractivity contribution in [2.24, 2.45) is 5.41 Å². The van der Waals surface area contributed by atoms with Gasteiger partial charge < -0.3 is 15.4 Å². The van der Waals surface area contributed by atoms with Gasteiger partial charge in [-0.2, -0.15) is 0 Å². The monoisotopic (exact) mass is 356 g/mol. The van der Waals surface area contributed by atoms with Crippen molar-refractivity contribution < 1.29 is 23.5 Å². The Morgan fingerprint density at radius 2 is 1.35 bits per heavy atom. The average molecular weight is 356 g/mol. The Bertz CT molecular complexity index is 843. The summed E-state index contributed by atoms with van der Waals surface area (Å²) in [4.78, 5) is 36.4. The predicted octanol–water partition coefficient (Wildman–Crippen LogP) is 2.97. The number of halogens is 1. The Morgan fingerprint density at radius 3 is 1.77 bits per heavy atom. The highest BCUT2D eigenvalue weighted by Gasteiger charge is 2.56. The van der Waals surface area contributed by atoms with E-state index < -0.39 is 29.0 Å². The fourth-order valence-corrected chi connectivity index (χ4v) is 2.52. The van der Waals surface area contributed by atoms with E-state index in [-0.39, 0.29) is 0 Å². The molecule has 0 saturated heterocycles. The molecule has 0 atom stereocenters. The molecule has 0 spiro atoms. The molecule has 0 heterocycles. The van der Waals surface area contributed by atoms with Crippen LogP contribution >= 0.6 is 0 Å². The summed E-state index contributed by atoms with van der Waals surface area (Å²) in [5, 5.41) is 5.34. The maximum Gasteiger partial charge on any atom is 0.337 e. The zero-order valence-corrected chi connectivity index (χ0v) is 14.0. The summed E-state index contributed by atoms with van der Waals surface area (Å²) in [5.74, 6) is -1.71. The number of nitrogens with one attached hydrogen (secondary N) is 2. The molecule has 0 aromatic heterocycles. The Balaban J connectivity index is 1.65. The van der Waals surface area contributed by atoms with Crippen LogP contribution in [-0.2, 0) is 14.3 Å². The molecule has 0 unspecified atom stereocenters. The number of carbonyl (C=O) groups is 3. The summed E-state index contributed by atoms with van der Waals surface area (Å²) in [7, 11) is 1.29. The highest BCUT2D eigenvalue weighted by molar-refractivity contribution is 6.16. The first-order chi connectivity index (χ1) is 12.4. The summed E-state index contributed by atoms with van der Waals surface area (Å²) in [6, 6.07) is 11.5. The number of amides is 2. The molecule has 0 aliphatic heterocycles. The van der Waals surface area contributed by atoms with E-state index in [0.29, 0.717) is 29.8 Å².